The molecule has 5 heteroatoms. The summed E-state index contributed by atoms with van der Waals surface area (Å²) in [4.78, 5) is 12.7. The molecule has 0 bridgehead atoms. The van der Waals surface area contributed by atoms with Crippen molar-refractivity contribution in [3.8, 4) is 0 Å². The summed E-state index contributed by atoms with van der Waals surface area (Å²) in [6.07, 6.45) is 0.436. The molecule has 1 aromatic rings. The second-order valence-electron chi connectivity index (χ2n) is 5.13. The molecule has 1 heterocycles. The van der Waals surface area contributed by atoms with Crippen molar-refractivity contribution in [2.24, 2.45) is 0 Å². The lowest BCUT2D eigenvalue weighted by Gasteiger charge is -2.37. The van der Waals surface area contributed by atoms with Gasteiger partial charge >= 0.3 is 0 Å². The fraction of sp³-hybridized carbons (Fsp3) is 0.538. The van der Waals surface area contributed by atoms with Gasteiger partial charge in [0.1, 0.15) is 5.60 Å². The first-order valence-corrected chi connectivity index (χ1v) is 6.11. The SMILES string of the molecule is CC1(O)CCN(Cc2ccccc2)CC1[N+](=O)[O-]. The molecule has 0 radical (unpaired) electrons. The first-order valence-electron chi connectivity index (χ1n) is 6.11. The van der Waals surface area contributed by atoms with Crippen LogP contribution < -0.4 is 0 Å². The summed E-state index contributed by atoms with van der Waals surface area (Å²) in [7, 11) is 0. The Morgan fingerprint density at radius 2 is 2.17 bits per heavy atom. The molecule has 0 aliphatic carbocycles. The van der Waals surface area contributed by atoms with Crippen molar-refractivity contribution in [3.63, 3.8) is 0 Å². The highest BCUT2D eigenvalue weighted by molar-refractivity contribution is 5.14. The molecule has 1 saturated heterocycles. The number of rotatable bonds is 3. The van der Waals surface area contributed by atoms with Gasteiger partial charge in [0, 0.05) is 18.0 Å². The van der Waals surface area contributed by atoms with Gasteiger partial charge in [-0.3, -0.25) is 15.0 Å². The van der Waals surface area contributed by atoms with E-state index in [1.807, 2.05) is 35.2 Å². The monoisotopic (exact) mass is 250 g/mol. The van der Waals surface area contributed by atoms with E-state index < -0.39 is 11.6 Å². The third-order valence-electron chi connectivity index (χ3n) is 3.59. The minimum atomic E-state index is -1.20. The molecule has 98 valence electrons. The predicted molar refractivity (Wildman–Crippen MR) is 67.7 cm³/mol. The quantitative estimate of drug-likeness (QED) is 0.648. The molecule has 0 amide bonds. The summed E-state index contributed by atoms with van der Waals surface area (Å²) >= 11 is 0. The zero-order chi connectivity index (χ0) is 13.2. The van der Waals surface area contributed by atoms with E-state index in [4.69, 9.17) is 0 Å². The smallest absolute Gasteiger partial charge is 0.253 e. The van der Waals surface area contributed by atoms with Crippen molar-refractivity contribution < 1.29 is 10.0 Å². The van der Waals surface area contributed by atoms with Crippen molar-refractivity contribution in [2.45, 2.75) is 31.5 Å². The van der Waals surface area contributed by atoms with Gasteiger partial charge in [0.25, 0.3) is 6.04 Å². The molecule has 2 rings (SSSR count). The number of nitrogens with zero attached hydrogens (tertiary/aromatic N) is 2. The van der Waals surface area contributed by atoms with Gasteiger partial charge < -0.3 is 5.11 Å². The van der Waals surface area contributed by atoms with Crippen molar-refractivity contribution in [3.05, 3.63) is 46.0 Å². The second kappa shape index (κ2) is 5.04. The van der Waals surface area contributed by atoms with Crippen LogP contribution in [0.1, 0.15) is 18.9 Å². The van der Waals surface area contributed by atoms with Crippen LogP contribution in [0.3, 0.4) is 0 Å². The first kappa shape index (κ1) is 13.0. The third kappa shape index (κ3) is 2.86. The highest BCUT2D eigenvalue weighted by Crippen LogP contribution is 2.25. The average molecular weight is 250 g/mol. The maximum Gasteiger partial charge on any atom is 0.253 e. The van der Waals surface area contributed by atoms with E-state index in [0.29, 0.717) is 26.1 Å². The molecular formula is C13H18N2O3. The van der Waals surface area contributed by atoms with E-state index >= 15 is 0 Å². The molecular weight excluding hydrogens is 232 g/mol. The highest BCUT2D eigenvalue weighted by atomic mass is 16.6. The largest absolute Gasteiger partial charge is 0.383 e. The summed E-state index contributed by atoms with van der Waals surface area (Å²) in [5.41, 5.74) is -0.0578. The van der Waals surface area contributed by atoms with E-state index in [1.165, 1.54) is 0 Å². The number of benzene rings is 1. The van der Waals surface area contributed by atoms with Crippen LogP contribution in [0.2, 0.25) is 0 Å². The maximum atomic E-state index is 11.0. The fourth-order valence-electron chi connectivity index (χ4n) is 2.36. The number of hydrogen-bond acceptors (Lipinski definition) is 4. The van der Waals surface area contributed by atoms with E-state index in [1.54, 1.807) is 6.92 Å². The minimum Gasteiger partial charge on any atom is -0.383 e. The third-order valence-corrected chi connectivity index (χ3v) is 3.59. The molecule has 0 spiro atoms. The molecule has 1 aliphatic rings. The molecule has 18 heavy (non-hydrogen) atoms. The van der Waals surface area contributed by atoms with Crippen LogP contribution in [-0.2, 0) is 6.54 Å². The fourth-order valence-corrected chi connectivity index (χ4v) is 2.36. The Kier molecular flexibility index (Phi) is 3.63. The highest BCUT2D eigenvalue weighted by Gasteiger charge is 2.45. The van der Waals surface area contributed by atoms with Crippen LogP contribution in [0.25, 0.3) is 0 Å². The zero-order valence-corrected chi connectivity index (χ0v) is 10.5. The predicted octanol–water partition coefficient (Wildman–Crippen LogP) is 1.29. The van der Waals surface area contributed by atoms with Crippen molar-refractivity contribution in [1.29, 1.82) is 0 Å². The van der Waals surface area contributed by atoms with Gasteiger partial charge in [0.2, 0.25) is 0 Å². The number of hydrogen-bond donors (Lipinski definition) is 1. The van der Waals surface area contributed by atoms with Gasteiger partial charge in [-0.1, -0.05) is 30.3 Å². The van der Waals surface area contributed by atoms with E-state index in [0.717, 1.165) is 5.56 Å². The Morgan fingerprint density at radius 3 is 2.78 bits per heavy atom. The van der Waals surface area contributed by atoms with Crippen molar-refractivity contribution >= 4 is 0 Å². The Balaban J connectivity index is 2.03. The lowest BCUT2D eigenvalue weighted by Crippen LogP contribution is -2.56. The molecule has 1 aliphatic heterocycles. The summed E-state index contributed by atoms with van der Waals surface area (Å²) in [5, 5.41) is 21.0. The Bertz CT molecular complexity index is 420. The van der Waals surface area contributed by atoms with Crippen molar-refractivity contribution in [1.82, 2.24) is 4.90 Å². The van der Waals surface area contributed by atoms with E-state index in [9.17, 15) is 15.2 Å². The second-order valence-corrected chi connectivity index (χ2v) is 5.13. The van der Waals surface area contributed by atoms with Gasteiger partial charge in [0.15, 0.2) is 0 Å². The molecule has 1 N–H and O–H groups in total. The van der Waals surface area contributed by atoms with Gasteiger partial charge in [-0.15, -0.1) is 0 Å². The Hall–Kier alpha value is -1.46. The normalized spacial score (nSPS) is 29.1. The molecule has 1 fully saturated rings. The van der Waals surface area contributed by atoms with Crippen LogP contribution in [0, 0.1) is 10.1 Å². The first-order chi connectivity index (χ1) is 8.49. The van der Waals surface area contributed by atoms with Crippen LogP contribution >= 0.6 is 0 Å². The van der Waals surface area contributed by atoms with Gasteiger partial charge in [-0.25, -0.2) is 0 Å². The molecule has 2 atom stereocenters. The molecule has 0 aromatic heterocycles. The number of piperidine rings is 1. The topological polar surface area (TPSA) is 66.6 Å². The van der Waals surface area contributed by atoms with Crippen LogP contribution in [0.5, 0.6) is 0 Å². The van der Waals surface area contributed by atoms with Gasteiger partial charge in [0.05, 0.1) is 6.54 Å². The summed E-state index contributed by atoms with van der Waals surface area (Å²) < 4.78 is 0. The van der Waals surface area contributed by atoms with E-state index in [2.05, 4.69) is 0 Å². The Labute approximate surface area is 106 Å². The average Bonchev–Trinajstić information content (AvgIpc) is 2.32. The molecule has 0 saturated carbocycles. The molecule has 5 nitrogen and oxygen atoms in total. The Morgan fingerprint density at radius 1 is 1.50 bits per heavy atom. The summed E-state index contributed by atoms with van der Waals surface area (Å²) in [6, 6.07) is 8.97. The standard InChI is InChI=1S/C13H18N2O3/c1-13(16)7-8-14(10-12(13)15(17)18)9-11-5-3-2-4-6-11/h2-6,12,16H,7-10H2,1H3. The van der Waals surface area contributed by atoms with Crippen LogP contribution in [-0.4, -0.2) is 39.7 Å². The van der Waals surface area contributed by atoms with Crippen LogP contribution in [0.4, 0.5) is 0 Å². The maximum absolute atomic E-state index is 11.0. The lowest BCUT2D eigenvalue weighted by atomic mass is 9.88. The van der Waals surface area contributed by atoms with Crippen LogP contribution in [0.15, 0.2) is 30.3 Å². The zero-order valence-electron chi connectivity index (χ0n) is 10.5. The molecule has 2 unspecified atom stereocenters. The van der Waals surface area contributed by atoms with Crippen molar-refractivity contribution in [2.75, 3.05) is 13.1 Å². The van der Waals surface area contributed by atoms with Gasteiger partial charge in [-0.05, 0) is 18.9 Å². The number of aliphatic hydroxyl groups is 1. The summed E-state index contributed by atoms with van der Waals surface area (Å²) in [6.45, 7) is 3.24. The lowest BCUT2D eigenvalue weighted by molar-refractivity contribution is -0.548. The number of likely N-dealkylation sites (tertiary alicyclic amines) is 1. The molecule has 1 aromatic carbocycles. The van der Waals surface area contributed by atoms with E-state index in [-0.39, 0.29) is 4.92 Å². The summed E-state index contributed by atoms with van der Waals surface area (Å²) in [5.74, 6) is 0. The number of nitro groups is 1. The minimum absolute atomic E-state index is 0.300. The van der Waals surface area contributed by atoms with Gasteiger partial charge in [-0.2, -0.15) is 0 Å².